The molecule has 0 N–H and O–H groups in total. The smallest absolute Gasteiger partial charge is 0.268 e. The molecule has 0 bridgehead atoms. The Morgan fingerprint density at radius 3 is 2.85 bits per heavy atom. The largest absolute Gasteiger partial charge is 0.337 e. The first-order valence-corrected chi connectivity index (χ1v) is 10.2. The molecule has 1 aliphatic rings. The Labute approximate surface area is 159 Å². The molecular weight excluding hydrogens is 368 g/mol. The molecule has 0 radical (unpaired) electrons. The molecule has 1 aliphatic heterocycles. The molecule has 0 aliphatic carbocycles. The van der Waals surface area contributed by atoms with Crippen molar-refractivity contribution in [2.45, 2.75) is 6.54 Å². The van der Waals surface area contributed by atoms with Crippen molar-refractivity contribution in [1.82, 2.24) is 19.9 Å². The van der Waals surface area contributed by atoms with Gasteiger partial charge in [-0.3, -0.25) is 9.69 Å². The summed E-state index contributed by atoms with van der Waals surface area (Å²) in [5.41, 5.74) is 1.07. The van der Waals surface area contributed by atoms with E-state index < -0.39 is 0 Å². The molecule has 0 unspecified atom stereocenters. The van der Waals surface area contributed by atoms with Crippen molar-refractivity contribution >= 4 is 34.7 Å². The SMILES string of the molecule is O=C(/C=C/c1ccsc1)N1CCN(Cc2noc(-c3cccs3)n2)CC1. The molecule has 1 fully saturated rings. The lowest BCUT2D eigenvalue weighted by molar-refractivity contribution is -0.127. The van der Waals surface area contributed by atoms with Gasteiger partial charge in [-0.05, 0) is 39.9 Å². The van der Waals surface area contributed by atoms with Crippen LogP contribution in [0.1, 0.15) is 11.4 Å². The summed E-state index contributed by atoms with van der Waals surface area (Å²) in [6, 6.07) is 5.94. The maximum atomic E-state index is 12.3. The number of thiophene rings is 2. The molecule has 6 nitrogen and oxygen atoms in total. The van der Waals surface area contributed by atoms with Crippen molar-refractivity contribution in [2.24, 2.45) is 0 Å². The Kier molecular flexibility index (Phi) is 5.24. The third-order valence-corrected chi connectivity index (χ3v) is 5.77. The van der Waals surface area contributed by atoms with Gasteiger partial charge < -0.3 is 9.42 Å². The number of carbonyl (C=O) groups is 1. The van der Waals surface area contributed by atoms with Crippen LogP contribution in [0.2, 0.25) is 0 Å². The summed E-state index contributed by atoms with van der Waals surface area (Å²) in [7, 11) is 0. The summed E-state index contributed by atoms with van der Waals surface area (Å²) in [4.78, 5) is 21.8. The number of hydrogen-bond acceptors (Lipinski definition) is 7. The molecule has 26 heavy (non-hydrogen) atoms. The summed E-state index contributed by atoms with van der Waals surface area (Å²) >= 11 is 3.21. The van der Waals surface area contributed by atoms with Gasteiger partial charge in [-0.2, -0.15) is 16.3 Å². The van der Waals surface area contributed by atoms with E-state index in [-0.39, 0.29) is 5.91 Å². The van der Waals surface area contributed by atoms with Gasteiger partial charge in [-0.15, -0.1) is 11.3 Å². The van der Waals surface area contributed by atoms with E-state index in [9.17, 15) is 4.79 Å². The van der Waals surface area contributed by atoms with Crippen molar-refractivity contribution < 1.29 is 9.32 Å². The van der Waals surface area contributed by atoms with Crippen LogP contribution in [0.3, 0.4) is 0 Å². The highest BCUT2D eigenvalue weighted by Gasteiger charge is 2.21. The average molecular weight is 387 g/mol. The molecule has 1 saturated heterocycles. The summed E-state index contributed by atoms with van der Waals surface area (Å²) in [5, 5.41) is 10.1. The Hall–Kier alpha value is -2.29. The van der Waals surface area contributed by atoms with Crippen LogP contribution in [0.4, 0.5) is 0 Å². The predicted octanol–water partition coefficient (Wildman–Crippen LogP) is 3.22. The third kappa shape index (κ3) is 4.09. The first-order chi connectivity index (χ1) is 12.8. The number of aromatic nitrogens is 2. The fourth-order valence-corrected chi connectivity index (χ4v) is 4.06. The van der Waals surface area contributed by atoms with Gasteiger partial charge in [0, 0.05) is 32.3 Å². The molecule has 3 aromatic rings. The number of carbonyl (C=O) groups excluding carboxylic acids is 1. The normalized spacial score (nSPS) is 15.8. The molecule has 0 saturated carbocycles. The first-order valence-electron chi connectivity index (χ1n) is 8.36. The number of nitrogens with zero attached hydrogens (tertiary/aromatic N) is 4. The molecule has 1 amide bonds. The highest BCUT2D eigenvalue weighted by Crippen LogP contribution is 2.22. The molecule has 0 spiro atoms. The van der Waals surface area contributed by atoms with Gasteiger partial charge in [-0.25, -0.2) is 0 Å². The lowest BCUT2D eigenvalue weighted by Crippen LogP contribution is -2.47. The minimum absolute atomic E-state index is 0.0652. The Balaban J connectivity index is 1.28. The fourth-order valence-electron chi connectivity index (χ4n) is 2.79. The van der Waals surface area contributed by atoms with Crippen molar-refractivity contribution in [3.63, 3.8) is 0 Å². The number of amides is 1. The molecule has 4 heterocycles. The van der Waals surface area contributed by atoms with Gasteiger partial charge in [0.15, 0.2) is 5.82 Å². The quantitative estimate of drug-likeness (QED) is 0.630. The van der Waals surface area contributed by atoms with Crippen LogP contribution < -0.4 is 0 Å². The second-order valence-electron chi connectivity index (χ2n) is 5.98. The molecule has 3 aromatic heterocycles. The summed E-state index contributed by atoms with van der Waals surface area (Å²) in [6.45, 7) is 3.67. The van der Waals surface area contributed by atoms with E-state index in [4.69, 9.17) is 4.52 Å². The lowest BCUT2D eigenvalue weighted by Gasteiger charge is -2.33. The van der Waals surface area contributed by atoms with Gasteiger partial charge in [0.05, 0.1) is 11.4 Å². The second kappa shape index (κ2) is 7.94. The average Bonchev–Trinajstić information content (AvgIpc) is 3.41. The van der Waals surface area contributed by atoms with E-state index >= 15 is 0 Å². The molecule has 0 aromatic carbocycles. The van der Waals surface area contributed by atoms with Gasteiger partial charge in [0.2, 0.25) is 5.91 Å². The summed E-state index contributed by atoms with van der Waals surface area (Å²) in [5.74, 6) is 1.32. The van der Waals surface area contributed by atoms with Gasteiger partial charge in [0.25, 0.3) is 5.89 Å². The monoisotopic (exact) mass is 386 g/mol. The number of rotatable bonds is 5. The van der Waals surface area contributed by atoms with Crippen molar-refractivity contribution in [1.29, 1.82) is 0 Å². The maximum absolute atomic E-state index is 12.3. The predicted molar refractivity (Wildman–Crippen MR) is 103 cm³/mol. The van der Waals surface area contributed by atoms with Crippen LogP contribution in [-0.2, 0) is 11.3 Å². The number of piperazine rings is 1. The van der Waals surface area contributed by atoms with Crippen LogP contribution in [0.25, 0.3) is 16.8 Å². The van der Waals surface area contributed by atoms with Crippen molar-refractivity contribution in [2.75, 3.05) is 26.2 Å². The zero-order chi connectivity index (χ0) is 17.8. The van der Waals surface area contributed by atoms with E-state index in [1.165, 1.54) is 0 Å². The highest BCUT2D eigenvalue weighted by atomic mass is 32.1. The van der Waals surface area contributed by atoms with E-state index in [1.54, 1.807) is 28.7 Å². The van der Waals surface area contributed by atoms with Gasteiger partial charge >= 0.3 is 0 Å². The first kappa shape index (κ1) is 17.1. The van der Waals surface area contributed by atoms with Crippen molar-refractivity contribution in [3.05, 3.63) is 51.8 Å². The van der Waals surface area contributed by atoms with Crippen LogP contribution in [0, 0.1) is 0 Å². The molecule has 134 valence electrons. The minimum atomic E-state index is 0.0652. The second-order valence-corrected chi connectivity index (χ2v) is 7.71. The Bertz CT molecular complexity index is 863. The van der Waals surface area contributed by atoms with E-state index in [0.717, 1.165) is 23.5 Å². The van der Waals surface area contributed by atoms with Crippen LogP contribution in [-0.4, -0.2) is 52.0 Å². The zero-order valence-corrected chi connectivity index (χ0v) is 15.7. The maximum Gasteiger partial charge on any atom is 0.268 e. The topological polar surface area (TPSA) is 62.5 Å². The molecule has 8 heteroatoms. The highest BCUT2D eigenvalue weighted by molar-refractivity contribution is 7.13. The minimum Gasteiger partial charge on any atom is -0.337 e. The third-order valence-electron chi connectivity index (χ3n) is 4.21. The van der Waals surface area contributed by atoms with Crippen LogP contribution >= 0.6 is 22.7 Å². The zero-order valence-electron chi connectivity index (χ0n) is 14.1. The van der Waals surface area contributed by atoms with Crippen LogP contribution in [0.5, 0.6) is 0 Å². The summed E-state index contributed by atoms with van der Waals surface area (Å²) in [6.07, 6.45) is 3.53. The summed E-state index contributed by atoms with van der Waals surface area (Å²) < 4.78 is 5.33. The standard InChI is InChI=1S/C18H18N4O2S2/c23-17(4-3-14-5-11-25-13-14)22-8-6-21(7-9-22)12-16-19-18(24-20-16)15-2-1-10-26-15/h1-5,10-11,13H,6-9,12H2/b4-3+. The molecular formula is C18H18N4O2S2. The van der Waals surface area contributed by atoms with Gasteiger partial charge in [0.1, 0.15) is 0 Å². The van der Waals surface area contributed by atoms with E-state index in [0.29, 0.717) is 31.3 Å². The van der Waals surface area contributed by atoms with Crippen molar-refractivity contribution in [3.8, 4) is 10.8 Å². The van der Waals surface area contributed by atoms with Crippen LogP contribution in [0.15, 0.2) is 44.9 Å². The fraction of sp³-hybridized carbons (Fsp3) is 0.278. The molecule has 4 rings (SSSR count). The van der Waals surface area contributed by atoms with E-state index in [2.05, 4.69) is 15.0 Å². The Morgan fingerprint density at radius 2 is 2.12 bits per heavy atom. The molecule has 0 atom stereocenters. The number of hydrogen-bond donors (Lipinski definition) is 0. The Morgan fingerprint density at radius 1 is 1.23 bits per heavy atom. The lowest BCUT2D eigenvalue weighted by atomic mass is 10.2. The van der Waals surface area contributed by atoms with Gasteiger partial charge in [-0.1, -0.05) is 11.2 Å². The van der Waals surface area contributed by atoms with E-state index in [1.807, 2.05) is 45.3 Å².